The van der Waals surface area contributed by atoms with Crippen molar-refractivity contribution in [2.45, 2.75) is 13.3 Å². The summed E-state index contributed by atoms with van der Waals surface area (Å²) in [7, 11) is 1.65. The predicted molar refractivity (Wildman–Crippen MR) is 55.5 cm³/mol. The van der Waals surface area contributed by atoms with Crippen LogP contribution in [0.2, 0.25) is 0 Å². The van der Waals surface area contributed by atoms with Crippen molar-refractivity contribution in [3.8, 4) is 0 Å². The zero-order chi connectivity index (χ0) is 9.84. The highest BCUT2D eigenvalue weighted by atomic mass is 35.5. The minimum absolute atomic E-state index is 0.468. The number of anilines is 1. The second kappa shape index (κ2) is 4.28. The minimum atomic E-state index is -0.468. The molecule has 0 heterocycles. The third kappa shape index (κ3) is 2.46. The van der Waals surface area contributed by atoms with E-state index < -0.39 is 5.37 Å². The smallest absolute Gasteiger partial charge is 0.302 e. The fraction of sp³-hybridized carbons (Fsp3) is 0.300. The summed E-state index contributed by atoms with van der Waals surface area (Å²) >= 11 is 5.32. The van der Waals surface area contributed by atoms with Gasteiger partial charge in [0.25, 0.3) is 0 Å². The van der Waals surface area contributed by atoms with Gasteiger partial charge < -0.3 is 4.90 Å². The molecule has 0 spiro atoms. The fourth-order valence-corrected chi connectivity index (χ4v) is 1.15. The number of halogens is 1. The lowest BCUT2D eigenvalue weighted by Crippen LogP contribution is -2.19. The first kappa shape index (κ1) is 10.1. The van der Waals surface area contributed by atoms with Crippen LogP contribution in [0.3, 0.4) is 0 Å². The Morgan fingerprint density at radius 2 is 1.92 bits per heavy atom. The number of amides is 1. The largest absolute Gasteiger partial charge is 0.320 e. The van der Waals surface area contributed by atoms with Crippen molar-refractivity contribution >= 4 is 22.7 Å². The van der Waals surface area contributed by atoms with Crippen molar-refractivity contribution in [2.75, 3.05) is 11.9 Å². The van der Waals surface area contributed by atoms with Gasteiger partial charge in [-0.2, -0.15) is 0 Å². The summed E-state index contributed by atoms with van der Waals surface area (Å²) in [4.78, 5) is 12.2. The van der Waals surface area contributed by atoms with Gasteiger partial charge >= 0.3 is 5.37 Å². The van der Waals surface area contributed by atoms with Crippen molar-refractivity contribution in [2.24, 2.45) is 0 Å². The molecule has 0 saturated carbocycles. The predicted octanol–water partition coefficient (Wildman–Crippen LogP) is 3.04. The summed E-state index contributed by atoms with van der Waals surface area (Å²) in [5, 5.41) is -0.468. The van der Waals surface area contributed by atoms with Crippen LogP contribution in [0.1, 0.15) is 12.5 Å². The number of nitrogens with zero attached hydrogens (tertiary/aromatic N) is 1. The van der Waals surface area contributed by atoms with E-state index in [0.717, 1.165) is 12.1 Å². The summed E-state index contributed by atoms with van der Waals surface area (Å²) in [6.07, 6.45) is 0.999. The van der Waals surface area contributed by atoms with E-state index in [-0.39, 0.29) is 0 Å². The summed E-state index contributed by atoms with van der Waals surface area (Å²) in [5.74, 6) is 0. The van der Waals surface area contributed by atoms with Gasteiger partial charge in [0.15, 0.2) is 0 Å². The highest BCUT2D eigenvalue weighted by molar-refractivity contribution is 6.66. The summed E-state index contributed by atoms with van der Waals surface area (Å²) in [5.41, 5.74) is 2.07. The quantitative estimate of drug-likeness (QED) is 0.527. The molecule has 0 bridgehead atoms. The van der Waals surface area contributed by atoms with Crippen LogP contribution in [-0.4, -0.2) is 12.4 Å². The van der Waals surface area contributed by atoms with Gasteiger partial charge in [0.05, 0.1) is 0 Å². The molecule has 70 valence electrons. The molecule has 2 nitrogen and oxygen atoms in total. The van der Waals surface area contributed by atoms with Gasteiger partial charge in [0.1, 0.15) is 0 Å². The Kier molecular flexibility index (Phi) is 3.32. The van der Waals surface area contributed by atoms with Crippen LogP contribution in [-0.2, 0) is 6.42 Å². The molecule has 0 N–H and O–H groups in total. The number of aryl methyl sites for hydroxylation is 1. The Balaban J connectivity index is 2.85. The molecule has 0 aliphatic heterocycles. The van der Waals surface area contributed by atoms with E-state index in [1.54, 1.807) is 7.05 Å². The van der Waals surface area contributed by atoms with Crippen LogP contribution in [0.5, 0.6) is 0 Å². The van der Waals surface area contributed by atoms with Gasteiger partial charge in [-0.25, -0.2) is 0 Å². The molecule has 1 rings (SSSR count). The molecule has 3 heteroatoms. The number of hydrogen-bond donors (Lipinski definition) is 0. The first-order valence-electron chi connectivity index (χ1n) is 4.17. The van der Waals surface area contributed by atoms with E-state index in [2.05, 4.69) is 6.92 Å². The molecule has 0 atom stereocenters. The minimum Gasteiger partial charge on any atom is -0.302 e. The molecule has 1 amide bonds. The van der Waals surface area contributed by atoms with Crippen LogP contribution >= 0.6 is 11.6 Å². The van der Waals surface area contributed by atoms with Crippen molar-refractivity contribution < 1.29 is 4.79 Å². The second-order valence-corrected chi connectivity index (χ2v) is 3.16. The topological polar surface area (TPSA) is 20.3 Å². The molecule has 0 unspecified atom stereocenters. The summed E-state index contributed by atoms with van der Waals surface area (Å²) < 4.78 is 0. The molecule has 1 aromatic carbocycles. The Morgan fingerprint density at radius 1 is 1.38 bits per heavy atom. The summed E-state index contributed by atoms with van der Waals surface area (Å²) in [6, 6.07) is 7.76. The fourth-order valence-electron chi connectivity index (χ4n) is 1.06. The van der Waals surface area contributed by atoms with Crippen molar-refractivity contribution in [1.82, 2.24) is 0 Å². The Hall–Kier alpha value is -1.02. The molecule has 0 radical (unpaired) electrons. The van der Waals surface area contributed by atoms with E-state index in [1.165, 1.54) is 10.5 Å². The van der Waals surface area contributed by atoms with Gasteiger partial charge in [0.2, 0.25) is 0 Å². The number of rotatable bonds is 2. The molecule has 0 aromatic heterocycles. The first-order valence-corrected chi connectivity index (χ1v) is 4.55. The first-order chi connectivity index (χ1) is 6.15. The number of carbonyl (C=O) groups excluding carboxylic acids is 1. The van der Waals surface area contributed by atoms with E-state index in [4.69, 9.17) is 11.6 Å². The molecular weight excluding hydrogens is 186 g/mol. The monoisotopic (exact) mass is 197 g/mol. The third-order valence-corrected chi connectivity index (χ3v) is 2.25. The lowest BCUT2D eigenvalue weighted by Gasteiger charge is -2.13. The van der Waals surface area contributed by atoms with Gasteiger partial charge in [-0.15, -0.1) is 0 Å². The van der Waals surface area contributed by atoms with E-state index >= 15 is 0 Å². The zero-order valence-corrected chi connectivity index (χ0v) is 8.51. The van der Waals surface area contributed by atoms with Crippen LogP contribution < -0.4 is 4.90 Å². The zero-order valence-electron chi connectivity index (χ0n) is 7.75. The molecule has 0 fully saturated rings. The number of carbonyl (C=O) groups is 1. The molecule has 0 aliphatic carbocycles. The SMILES string of the molecule is CCc1ccc(N(C)C(=O)Cl)cc1. The van der Waals surface area contributed by atoms with E-state index in [0.29, 0.717) is 0 Å². The van der Waals surface area contributed by atoms with Gasteiger partial charge in [-0.1, -0.05) is 19.1 Å². The standard InChI is InChI=1S/C10H12ClNO/c1-3-8-4-6-9(7-5-8)12(2)10(11)13/h4-7H,3H2,1-2H3. The molecule has 13 heavy (non-hydrogen) atoms. The summed E-state index contributed by atoms with van der Waals surface area (Å²) in [6.45, 7) is 2.09. The molecular formula is C10H12ClNO. The maximum Gasteiger partial charge on any atom is 0.320 e. The average Bonchev–Trinajstić information content (AvgIpc) is 2.17. The molecule has 1 aromatic rings. The Labute approximate surface area is 83.1 Å². The maximum atomic E-state index is 10.8. The van der Waals surface area contributed by atoms with Crippen LogP contribution in [0.15, 0.2) is 24.3 Å². The van der Waals surface area contributed by atoms with Crippen LogP contribution in [0.4, 0.5) is 10.5 Å². The van der Waals surface area contributed by atoms with E-state index in [1.807, 2.05) is 24.3 Å². The molecule has 0 saturated heterocycles. The Morgan fingerprint density at radius 3 is 2.31 bits per heavy atom. The maximum absolute atomic E-state index is 10.8. The molecule has 0 aliphatic rings. The van der Waals surface area contributed by atoms with Gasteiger partial charge in [-0.05, 0) is 35.7 Å². The highest BCUT2D eigenvalue weighted by Gasteiger charge is 2.05. The number of hydrogen-bond acceptors (Lipinski definition) is 1. The normalized spacial score (nSPS) is 9.77. The van der Waals surface area contributed by atoms with E-state index in [9.17, 15) is 4.79 Å². The average molecular weight is 198 g/mol. The lowest BCUT2D eigenvalue weighted by molar-refractivity contribution is 0.265. The highest BCUT2D eigenvalue weighted by Crippen LogP contribution is 2.15. The second-order valence-electron chi connectivity index (χ2n) is 2.83. The lowest BCUT2D eigenvalue weighted by atomic mass is 10.1. The Bertz CT molecular complexity index is 294. The van der Waals surface area contributed by atoms with Crippen LogP contribution in [0, 0.1) is 0 Å². The van der Waals surface area contributed by atoms with Gasteiger partial charge in [0, 0.05) is 12.7 Å². The third-order valence-electron chi connectivity index (χ3n) is 2.00. The van der Waals surface area contributed by atoms with Gasteiger partial charge in [-0.3, -0.25) is 4.79 Å². The van der Waals surface area contributed by atoms with Crippen LogP contribution in [0.25, 0.3) is 0 Å². The number of benzene rings is 1. The van der Waals surface area contributed by atoms with Crippen molar-refractivity contribution in [3.63, 3.8) is 0 Å². The van der Waals surface area contributed by atoms with Crippen molar-refractivity contribution in [3.05, 3.63) is 29.8 Å². The van der Waals surface area contributed by atoms with Crippen molar-refractivity contribution in [1.29, 1.82) is 0 Å².